The molecule has 1 unspecified atom stereocenters. The van der Waals surface area contributed by atoms with Gasteiger partial charge >= 0.3 is 0 Å². The fourth-order valence-electron chi connectivity index (χ4n) is 2.68. The van der Waals surface area contributed by atoms with E-state index in [1.807, 2.05) is 6.07 Å². The molecule has 0 amide bonds. The number of rotatable bonds is 6. The zero-order chi connectivity index (χ0) is 13.9. The van der Waals surface area contributed by atoms with Gasteiger partial charge in [-0.3, -0.25) is 4.98 Å². The number of hydrogen-bond acceptors (Lipinski definition) is 2. The highest BCUT2D eigenvalue weighted by atomic mass is 35.5. The highest BCUT2D eigenvalue weighted by molar-refractivity contribution is 6.31. The van der Waals surface area contributed by atoms with Crippen LogP contribution in [0.3, 0.4) is 0 Å². The van der Waals surface area contributed by atoms with Gasteiger partial charge in [-0.2, -0.15) is 0 Å². The number of nitrogens with one attached hydrogen (secondary N) is 1. The minimum Gasteiger partial charge on any atom is -0.350 e. The van der Waals surface area contributed by atoms with E-state index in [1.165, 1.54) is 18.4 Å². The summed E-state index contributed by atoms with van der Waals surface area (Å²) in [5.41, 5.74) is 2.50. The van der Waals surface area contributed by atoms with E-state index >= 15 is 0 Å². The molecule has 3 rings (SSSR count). The fourth-order valence-corrected chi connectivity index (χ4v) is 2.86. The largest absolute Gasteiger partial charge is 0.350 e. The molecule has 3 nitrogen and oxygen atoms in total. The van der Waals surface area contributed by atoms with Crippen LogP contribution < -0.4 is 5.32 Å². The van der Waals surface area contributed by atoms with Gasteiger partial charge in [-0.1, -0.05) is 18.5 Å². The van der Waals surface area contributed by atoms with Crippen LogP contribution >= 0.6 is 11.6 Å². The predicted molar refractivity (Wildman–Crippen MR) is 81.9 cm³/mol. The first kappa shape index (κ1) is 13.7. The van der Waals surface area contributed by atoms with Crippen LogP contribution in [0.25, 0.3) is 0 Å². The monoisotopic (exact) mass is 289 g/mol. The van der Waals surface area contributed by atoms with Gasteiger partial charge in [-0.25, -0.2) is 0 Å². The maximum absolute atomic E-state index is 6.17. The molecule has 0 aliphatic heterocycles. The molecule has 106 valence electrons. The molecule has 2 aromatic rings. The third-order valence-corrected chi connectivity index (χ3v) is 4.20. The van der Waals surface area contributed by atoms with Crippen molar-refractivity contribution in [3.8, 4) is 0 Å². The summed E-state index contributed by atoms with van der Waals surface area (Å²) in [7, 11) is 0. The first-order valence-corrected chi connectivity index (χ1v) is 7.63. The fraction of sp³-hybridized carbons (Fsp3) is 0.438. The van der Waals surface area contributed by atoms with Crippen molar-refractivity contribution in [2.24, 2.45) is 5.92 Å². The molecule has 1 aliphatic rings. The summed E-state index contributed by atoms with van der Waals surface area (Å²) in [6.07, 6.45) is 10.6. The topological polar surface area (TPSA) is 29.9 Å². The Balaban J connectivity index is 1.74. The molecule has 1 atom stereocenters. The van der Waals surface area contributed by atoms with Crippen molar-refractivity contribution in [1.82, 2.24) is 14.9 Å². The minimum absolute atomic E-state index is 0.508. The molecule has 20 heavy (non-hydrogen) atoms. The maximum Gasteiger partial charge on any atom is 0.0639 e. The van der Waals surface area contributed by atoms with E-state index in [2.05, 4.69) is 40.3 Å². The van der Waals surface area contributed by atoms with Gasteiger partial charge in [0.15, 0.2) is 0 Å². The predicted octanol–water partition coefficient (Wildman–Crippen LogP) is 3.65. The van der Waals surface area contributed by atoms with Crippen LogP contribution in [-0.4, -0.2) is 16.1 Å². The molecule has 1 N–H and O–H groups in total. The molecular formula is C16H20ClN3. The average Bonchev–Trinajstić information content (AvgIpc) is 3.18. The van der Waals surface area contributed by atoms with E-state index in [0.29, 0.717) is 6.04 Å². The summed E-state index contributed by atoms with van der Waals surface area (Å²) in [5, 5.41) is 4.33. The van der Waals surface area contributed by atoms with E-state index in [-0.39, 0.29) is 0 Å². The van der Waals surface area contributed by atoms with Gasteiger partial charge in [-0.05, 0) is 48.6 Å². The lowest BCUT2D eigenvalue weighted by molar-refractivity contribution is 0.495. The van der Waals surface area contributed by atoms with E-state index in [1.54, 1.807) is 12.4 Å². The minimum atomic E-state index is 0.508. The second-order valence-corrected chi connectivity index (χ2v) is 5.86. The number of halogens is 1. The third kappa shape index (κ3) is 3.05. The van der Waals surface area contributed by atoms with Crippen molar-refractivity contribution in [2.75, 3.05) is 6.54 Å². The lowest BCUT2D eigenvalue weighted by Gasteiger charge is -2.15. The lowest BCUT2D eigenvalue weighted by atomic mass is 10.1. The van der Waals surface area contributed by atoms with Crippen molar-refractivity contribution in [3.63, 3.8) is 0 Å². The Morgan fingerprint density at radius 1 is 1.45 bits per heavy atom. The second-order valence-electron chi connectivity index (χ2n) is 5.46. The second kappa shape index (κ2) is 5.98. The van der Waals surface area contributed by atoms with E-state index in [4.69, 9.17) is 11.6 Å². The van der Waals surface area contributed by atoms with Gasteiger partial charge in [0.2, 0.25) is 0 Å². The van der Waals surface area contributed by atoms with Crippen LogP contribution in [0.15, 0.2) is 36.9 Å². The highest BCUT2D eigenvalue weighted by Crippen LogP contribution is 2.41. The van der Waals surface area contributed by atoms with Gasteiger partial charge in [0.05, 0.1) is 5.02 Å². The van der Waals surface area contributed by atoms with Crippen molar-refractivity contribution in [1.29, 1.82) is 0 Å². The summed E-state index contributed by atoms with van der Waals surface area (Å²) >= 11 is 6.17. The summed E-state index contributed by atoms with van der Waals surface area (Å²) in [4.78, 5) is 4.02. The first-order chi connectivity index (χ1) is 9.78. The molecule has 2 heterocycles. The first-order valence-electron chi connectivity index (χ1n) is 7.25. The van der Waals surface area contributed by atoms with Gasteiger partial charge in [0.25, 0.3) is 0 Å². The smallest absolute Gasteiger partial charge is 0.0639 e. The summed E-state index contributed by atoms with van der Waals surface area (Å²) in [6.45, 7) is 3.98. The Kier molecular flexibility index (Phi) is 4.08. The van der Waals surface area contributed by atoms with Crippen LogP contribution in [0.2, 0.25) is 5.02 Å². The van der Waals surface area contributed by atoms with Gasteiger partial charge < -0.3 is 9.88 Å². The Bertz CT molecular complexity index is 575. The van der Waals surface area contributed by atoms with Crippen molar-refractivity contribution in [2.45, 2.75) is 32.4 Å². The molecule has 0 aromatic carbocycles. The number of pyridine rings is 1. The lowest BCUT2D eigenvalue weighted by Crippen LogP contribution is -2.22. The normalized spacial score (nSPS) is 16.3. The zero-order valence-electron chi connectivity index (χ0n) is 11.7. The van der Waals surface area contributed by atoms with E-state index in [0.717, 1.165) is 29.6 Å². The summed E-state index contributed by atoms with van der Waals surface area (Å²) in [6, 6.07) is 4.71. The van der Waals surface area contributed by atoms with Gasteiger partial charge in [0, 0.05) is 37.4 Å². The van der Waals surface area contributed by atoms with E-state index in [9.17, 15) is 0 Å². The maximum atomic E-state index is 6.17. The molecule has 0 bridgehead atoms. The number of hydrogen-bond donors (Lipinski definition) is 1. The van der Waals surface area contributed by atoms with Crippen LogP contribution in [0.5, 0.6) is 0 Å². The van der Waals surface area contributed by atoms with Crippen molar-refractivity contribution >= 4 is 11.6 Å². The average molecular weight is 290 g/mol. The zero-order valence-corrected chi connectivity index (χ0v) is 12.5. The Morgan fingerprint density at radius 2 is 2.30 bits per heavy atom. The molecule has 1 saturated carbocycles. The Labute approximate surface area is 125 Å². The van der Waals surface area contributed by atoms with Crippen LogP contribution in [-0.2, 0) is 6.54 Å². The molecule has 0 saturated heterocycles. The molecule has 2 aromatic heterocycles. The Morgan fingerprint density at radius 3 is 3.00 bits per heavy atom. The molecule has 0 spiro atoms. The van der Waals surface area contributed by atoms with Gasteiger partial charge in [0.1, 0.15) is 0 Å². The molecular weight excluding hydrogens is 270 g/mol. The molecule has 1 aliphatic carbocycles. The van der Waals surface area contributed by atoms with Crippen LogP contribution in [0.1, 0.15) is 36.9 Å². The highest BCUT2D eigenvalue weighted by Gasteiger charge is 2.31. The van der Waals surface area contributed by atoms with Crippen molar-refractivity contribution < 1.29 is 0 Å². The third-order valence-electron chi connectivity index (χ3n) is 3.86. The SMILES string of the molecule is CCNC(c1ccn(Cc2ccncc2Cl)c1)C1CC1. The standard InChI is InChI=1S/C16H20ClN3/c1-2-19-16(12-3-4-12)14-6-8-20(11-14)10-13-5-7-18-9-15(13)17/h5-9,11-12,16,19H,2-4,10H2,1H3. The molecule has 4 heteroatoms. The van der Waals surface area contributed by atoms with E-state index < -0.39 is 0 Å². The Hall–Kier alpha value is -1.32. The molecule has 0 radical (unpaired) electrons. The molecule has 1 fully saturated rings. The van der Waals surface area contributed by atoms with Crippen LogP contribution in [0, 0.1) is 5.92 Å². The number of nitrogens with zero attached hydrogens (tertiary/aromatic N) is 2. The summed E-state index contributed by atoms with van der Waals surface area (Å²) < 4.78 is 2.20. The van der Waals surface area contributed by atoms with Gasteiger partial charge in [-0.15, -0.1) is 0 Å². The summed E-state index contributed by atoms with van der Waals surface area (Å²) in [5.74, 6) is 0.815. The quantitative estimate of drug-likeness (QED) is 0.880. The van der Waals surface area contributed by atoms with Crippen LogP contribution in [0.4, 0.5) is 0 Å². The van der Waals surface area contributed by atoms with Crippen molar-refractivity contribution in [3.05, 3.63) is 53.1 Å². The number of aromatic nitrogens is 2.